The molecule has 2 aromatic rings. The summed E-state index contributed by atoms with van der Waals surface area (Å²) in [7, 11) is 0. The molecule has 0 radical (unpaired) electrons. The highest BCUT2D eigenvalue weighted by Crippen LogP contribution is 2.25. The van der Waals surface area contributed by atoms with Crippen LogP contribution in [-0.2, 0) is 9.53 Å². The smallest absolute Gasteiger partial charge is 0.338 e. The van der Waals surface area contributed by atoms with Gasteiger partial charge in [-0.15, -0.1) is 0 Å². The first-order valence-corrected chi connectivity index (χ1v) is 8.94. The molecule has 1 atom stereocenters. The highest BCUT2D eigenvalue weighted by Gasteiger charge is 2.19. The summed E-state index contributed by atoms with van der Waals surface area (Å²) in [5.41, 5.74) is 1.83. The van der Waals surface area contributed by atoms with Crippen molar-refractivity contribution in [3.63, 3.8) is 0 Å². The predicted molar refractivity (Wildman–Crippen MR) is 97.7 cm³/mol. The van der Waals surface area contributed by atoms with Crippen molar-refractivity contribution in [1.29, 1.82) is 0 Å². The van der Waals surface area contributed by atoms with E-state index >= 15 is 0 Å². The van der Waals surface area contributed by atoms with E-state index in [1.807, 2.05) is 19.9 Å². The van der Waals surface area contributed by atoms with Crippen molar-refractivity contribution in [3.05, 3.63) is 47.9 Å². The van der Waals surface area contributed by atoms with Crippen LogP contribution in [0.25, 0.3) is 0 Å². The number of hydrogen-bond donors (Lipinski definition) is 1. The number of esters is 1. The van der Waals surface area contributed by atoms with E-state index in [1.165, 1.54) is 18.1 Å². The summed E-state index contributed by atoms with van der Waals surface area (Å²) in [6.07, 6.45) is 2.14. The van der Waals surface area contributed by atoms with E-state index in [0.29, 0.717) is 24.3 Å². The number of thioether (sulfide) groups is 1. The first kappa shape index (κ1) is 18.9. The third-order valence-electron chi connectivity index (χ3n) is 3.35. The fourth-order valence-electron chi connectivity index (χ4n) is 2.12. The SMILES string of the molecule is CCOC(=O)c1cccc(NC(=O)C(CC)Sc2cc(C)ncn2)c1. The Kier molecular flexibility index (Phi) is 6.94. The molecule has 1 heterocycles. The van der Waals surface area contributed by atoms with Gasteiger partial charge in [-0.3, -0.25) is 4.79 Å². The third kappa shape index (κ3) is 5.56. The van der Waals surface area contributed by atoms with Crippen molar-refractivity contribution in [2.45, 2.75) is 37.5 Å². The number of nitrogens with one attached hydrogen (secondary N) is 1. The molecule has 0 aliphatic rings. The first-order chi connectivity index (χ1) is 12.0. The number of carbonyl (C=O) groups is 2. The van der Waals surface area contributed by atoms with Gasteiger partial charge in [0, 0.05) is 11.4 Å². The van der Waals surface area contributed by atoms with Gasteiger partial charge >= 0.3 is 5.97 Å². The molecule has 0 aliphatic carbocycles. The number of hydrogen-bond acceptors (Lipinski definition) is 6. The zero-order chi connectivity index (χ0) is 18.2. The number of amides is 1. The lowest BCUT2D eigenvalue weighted by atomic mass is 10.2. The molecule has 7 heteroatoms. The fourth-order valence-corrected chi connectivity index (χ4v) is 3.09. The maximum atomic E-state index is 12.5. The Morgan fingerprint density at radius 3 is 2.72 bits per heavy atom. The Morgan fingerprint density at radius 2 is 2.04 bits per heavy atom. The molecular formula is C18H21N3O3S. The minimum atomic E-state index is -0.406. The van der Waals surface area contributed by atoms with Gasteiger partial charge in [-0.2, -0.15) is 0 Å². The molecule has 1 aromatic carbocycles. The van der Waals surface area contributed by atoms with Crippen molar-refractivity contribution in [3.8, 4) is 0 Å². The van der Waals surface area contributed by atoms with Gasteiger partial charge in [-0.25, -0.2) is 14.8 Å². The third-order valence-corrected chi connectivity index (χ3v) is 4.64. The summed E-state index contributed by atoms with van der Waals surface area (Å²) in [5.74, 6) is -0.541. The van der Waals surface area contributed by atoms with Crippen LogP contribution in [0.2, 0.25) is 0 Å². The maximum Gasteiger partial charge on any atom is 0.338 e. The van der Waals surface area contributed by atoms with Crippen LogP contribution in [0, 0.1) is 6.92 Å². The summed E-state index contributed by atoms with van der Waals surface area (Å²) >= 11 is 1.39. The molecule has 0 spiro atoms. The maximum absolute atomic E-state index is 12.5. The van der Waals surface area contributed by atoms with Crippen molar-refractivity contribution in [2.24, 2.45) is 0 Å². The zero-order valence-electron chi connectivity index (χ0n) is 14.5. The van der Waals surface area contributed by atoms with Gasteiger partial charge in [-0.05, 0) is 44.5 Å². The summed E-state index contributed by atoms with van der Waals surface area (Å²) in [6, 6.07) is 8.57. The van der Waals surface area contributed by atoms with Crippen molar-refractivity contribution < 1.29 is 14.3 Å². The minimum absolute atomic E-state index is 0.134. The number of carbonyl (C=O) groups excluding carboxylic acids is 2. The molecule has 1 amide bonds. The second-order valence-corrected chi connectivity index (χ2v) is 6.53. The lowest BCUT2D eigenvalue weighted by molar-refractivity contribution is -0.115. The van der Waals surface area contributed by atoms with Crippen LogP contribution in [0.5, 0.6) is 0 Å². The van der Waals surface area contributed by atoms with Crippen LogP contribution >= 0.6 is 11.8 Å². The van der Waals surface area contributed by atoms with Crippen LogP contribution in [0.3, 0.4) is 0 Å². The van der Waals surface area contributed by atoms with E-state index in [-0.39, 0.29) is 11.2 Å². The number of anilines is 1. The average molecular weight is 359 g/mol. The second kappa shape index (κ2) is 9.17. The molecule has 132 valence electrons. The Morgan fingerprint density at radius 1 is 1.24 bits per heavy atom. The van der Waals surface area contributed by atoms with Crippen molar-refractivity contribution in [1.82, 2.24) is 9.97 Å². The summed E-state index contributed by atoms with van der Waals surface area (Å²) in [4.78, 5) is 32.6. The normalized spacial score (nSPS) is 11.6. The van der Waals surface area contributed by atoms with E-state index in [2.05, 4.69) is 15.3 Å². The van der Waals surface area contributed by atoms with E-state index < -0.39 is 5.97 Å². The van der Waals surface area contributed by atoms with Crippen LogP contribution in [0.4, 0.5) is 5.69 Å². The average Bonchev–Trinajstić information content (AvgIpc) is 2.60. The molecule has 0 aliphatic heterocycles. The molecule has 1 N–H and O–H groups in total. The minimum Gasteiger partial charge on any atom is -0.462 e. The number of aryl methyl sites for hydroxylation is 1. The van der Waals surface area contributed by atoms with Gasteiger partial charge in [0.2, 0.25) is 5.91 Å². The number of aromatic nitrogens is 2. The van der Waals surface area contributed by atoms with Gasteiger partial charge < -0.3 is 10.1 Å². The monoisotopic (exact) mass is 359 g/mol. The quantitative estimate of drug-likeness (QED) is 0.463. The predicted octanol–water partition coefficient (Wildman–Crippen LogP) is 3.47. The molecule has 6 nitrogen and oxygen atoms in total. The van der Waals surface area contributed by atoms with Crippen LogP contribution < -0.4 is 5.32 Å². The lowest BCUT2D eigenvalue weighted by Crippen LogP contribution is -2.24. The molecule has 25 heavy (non-hydrogen) atoms. The molecule has 0 saturated heterocycles. The van der Waals surface area contributed by atoms with Gasteiger partial charge in [0.15, 0.2) is 0 Å². The van der Waals surface area contributed by atoms with Gasteiger partial charge in [0.1, 0.15) is 11.4 Å². The van der Waals surface area contributed by atoms with Gasteiger partial charge in [0.05, 0.1) is 17.4 Å². The highest BCUT2D eigenvalue weighted by atomic mass is 32.2. The Bertz CT molecular complexity index is 752. The largest absolute Gasteiger partial charge is 0.462 e. The Balaban J connectivity index is 2.06. The number of ether oxygens (including phenoxy) is 1. The zero-order valence-corrected chi connectivity index (χ0v) is 15.3. The van der Waals surface area contributed by atoms with Crippen LogP contribution in [0.1, 0.15) is 36.3 Å². The van der Waals surface area contributed by atoms with Crippen LogP contribution in [-0.4, -0.2) is 33.7 Å². The second-order valence-electron chi connectivity index (χ2n) is 5.30. The van der Waals surface area contributed by atoms with Gasteiger partial charge in [-0.1, -0.05) is 24.8 Å². The van der Waals surface area contributed by atoms with Crippen molar-refractivity contribution >= 4 is 29.3 Å². The number of rotatable bonds is 7. The topological polar surface area (TPSA) is 81.2 Å². The van der Waals surface area contributed by atoms with Crippen LogP contribution in [0.15, 0.2) is 41.7 Å². The molecule has 2 rings (SSSR count). The summed E-state index contributed by atoms with van der Waals surface area (Å²) in [6.45, 7) is 5.89. The lowest BCUT2D eigenvalue weighted by Gasteiger charge is -2.14. The van der Waals surface area contributed by atoms with E-state index in [1.54, 1.807) is 31.2 Å². The fraction of sp³-hybridized carbons (Fsp3) is 0.333. The number of nitrogens with zero attached hydrogens (tertiary/aromatic N) is 2. The molecule has 0 saturated carbocycles. The summed E-state index contributed by atoms with van der Waals surface area (Å²) in [5, 5.41) is 3.32. The molecular weight excluding hydrogens is 338 g/mol. The van der Waals surface area contributed by atoms with Crippen molar-refractivity contribution in [2.75, 3.05) is 11.9 Å². The standard InChI is InChI=1S/C18H21N3O3S/c1-4-15(25-16-9-12(3)19-11-20-16)17(22)21-14-8-6-7-13(10-14)18(23)24-5-2/h6-11,15H,4-5H2,1-3H3,(H,21,22). The van der Waals surface area contributed by atoms with E-state index in [9.17, 15) is 9.59 Å². The summed E-state index contributed by atoms with van der Waals surface area (Å²) < 4.78 is 4.98. The Hall–Kier alpha value is -2.41. The van der Waals surface area contributed by atoms with Gasteiger partial charge in [0.25, 0.3) is 0 Å². The molecule has 1 unspecified atom stereocenters. The molecule has 0 bridgehead atoms. The molecule has 0 fully saturated rings. The van der Waals surface area contributed by atoms with E-state index in [0.717, 1.165) is 10.7 Å². The van der Waals surface area contributed by atoms with E-state index in [4.69, 9.17) is 4.74 Å². The Labute approximate surface area is 151 Å². The first-order valence-electron chi connectivity index (χ1n) is 8.06. The number of benzene rings is 1. The highest BCUT2D eigenvalue weighted by molar-refractivity contribution is 8.00. The molecule has 1 aromatic heterocycles.